The van der Waals surface area contributed by atoms with Gasteiger partial charge in [0.05, 0.1) is 0 Å². The molecule has 0 aliphatic carbocycles. The van der Waals surface area contributed by atoms with E-state index in [9.17, 15) is 4.79 Å². The minimum atomic E-state index is -0.251. The fourth-order valence-corrected chi connectivity index (χ4v) is 1.57. The summed E-state index contributed by atoms with van der Waals surface area (Å²) in [6.07, 6.45) is 0. The van der Waals surface area contributed by atoms with E-state index in [-0.39, 0.29) is 5.56 Å². The Balaban J connectivity index is 2.47. The van der Waals surface area contributed by atoms with Gasteiger partial charge in [0.1, 0.15) is 5.69 Å². The molecule has 0 saturated carbocycles. The minimum absolute atomic E-state index is 0.251. The molecule has 0 amide bonds. The Hall–Kier alpha value is -1.27. The Labute approximate surface area is 81.4 Å². The summed E-state index contributed by atoms with van der Waals surface area (Å²) in [4.78, 5) is 10.7. The van der Waals surface area contributed by atoms with E-state index in [0.717, 1.165) is 0 Å². The monoisotopic (exact) mass is 214 g/mol. The van der Waals surface area contributed by atoms with E-state index in [0.29, 0.717) is 15.2 Å². The van der Waals surface area contributed by atoms with Crippen molar-refractivity contribution >= 4 is 22.9 Å². The summed E-state index contributed by atoms with van der Waals surface area (Å²) in [5.74, 6) is 0. The molecule has 0 atom stereocenters. The molecule has 0 aliphatic heterocycles. The Kier molecular flexibility index (Phi) is 2.07. The second-order valence-electron chi connectivity index (χ2n) is 2.17. The first-order valence-corrected chi connectivity index (χ1v) is 4.50. The molecule has 0 bridgehead atoms. The molecule has 0 aliphatic rings. The molecule has 66 valence electrons. The van der Waals surface area contributed by atoms with Crippen molar-refractivity contribution < 1.29 is 0 Å². The van der Waals surface area contributed by atoms with E-state index in [2.05, 4.69) is 20.4 Å². The molecule has 13 heavy (non-hydrogen) atoms. The summed E-state index contributed by atoms with van der Waals surface area (Å²) in [7, 11) is 0. The number of H-pyrrole nitrogens is 1. The van der Waals surface area contributed by atoms with Gasteiger partial charge in [0.15, 0.2) is 5.01 Å². The molecule has 0 spiro atoms. The summed E-state index contributed by atoms with van der Waals surface area (Å²) < 4.78 is 0.350. The summed E-state index contributed by atoms with van der Waals surface area (Å²) in [6, 6.07) is 2.94. The summed E-state index contributed by atoms with van der Waals surface area (Å²) >= 11 is 6.79. The summed E-state index contributed by atoms with van der Waals surface area (Å²) in [5, 5.41) is 14.0. The van der Waals surface area contributed by atoms with Crippen molar-refractivity contribution in [3.05, 3.63) is 27.0 Å². The van der Waals surface area contributed by atoms with Gasteiger partial charge < -0.3 is 0 Å². The molecule has 0 aromatic carbocycles. The highest BCUT2D eigenvalue weighted by atomic mass is 35.5. The fourth-order valence-electron chi connectivity index (χ4n) is 0.772. The maximum absolute atomic E-state index is 10.7. The van der Waals surface area contributed by atoms with Crippen LogP contribution in [0, 0.1) is 0 Å². The number of nitrogens with one attached hydrogen (secondary N) is 1. The smallest absolute Gasteiger partial charge is 0.264 e. The molecule has 2 heterocycles. The first-order valence-electron chi connectivity index (χ1n) is 3.31. The molecule has 0 fully saturated rings. The highest BCUT2D eigenvalue weighted by Crippen LogP contribution is 2.22. The standard InChI is InChI=1S/C6H3ClN4OS/c7-6-11-10-5(13-6)3-1-2-4(12)9-8-3/h1-2H,(H,9,12). The molecule has 2 aromatic heterocycles. The van der Waals surface area contributed by atoms with Crippen molar-refractivity contribution in [2.45, 2.75) is 0 Å². The number of aromatic nitrogens is 4. The number of rotatable bonds is 1. The van der Waals surface area contributed by atoms with Gasteiger partial charge in [-0.15, -0.1) is 10.2 Å². The third-order valence-electron chi connectivity index (χ3n) is 1.30. The van der Waals surface area contributed by atoms with Gasteiger partial charge in [-0.25, -0.2) is 5.10 Å². The Morgan fingerprint density at radius 2 is 2.23 bits per heavy atom. The average molecular weight is 215 g/mol. The first kappa shape index (κ1) is 8.33. The lowest BCUT2D eigenvalue weighted by molar-refractivity contribution is 0.983. The van der Waals surface area contributed by atoms with Gasteiger partial charge in [-0.1, -0.05) is 11.3 Å². The van der Waals surface area contributed by atoms with Crippen LogP contribution in [0.15, 0.2) is 16.9 Å². The van der Waals surface area contributed by atoms with Crippen LogP contribution >= 0.6 is 22.9 Å². The summed E-state index contributed by atoms with van der Waals surface area (Å²) in [6.45, 7) is 0. The van der Waals surface area contributed by atoms with Crippen molar-refractivity contribution in [2.75, 3.05) is 0 Å². The van der Waals surface area contributed by atoms with Gasteiger partial charge in [-0.05, 0) is 17.7 Å². The molecular formula is C6H3ClN4OS. The predicted octanol–water partition coefficient (Wildman–Crippen LogP) is 0.942. The number of halogens is 1. The van der Waals surface area contributed by atoms with Gasteiger partial charge in [0.2, 0.25) is 4.47 Å². The number of aromatic amines is 1. The maximum Gasteiger partial charge on any atom is 0.264 e. The van der Waals surface area contributed by atoms with Crippen LogP contribution < -0.4 is 5.56 Å². The zero-order chi connectivity index (χ0) is 9.26. The third-order valence-corrected chi connectivity index (χ3v) is 2.34. The molecule has 1 N–H and O–H groups in total. The van der Waals surface area contributed by atoms with E-state index in [1.807, 2.05) is 0 Å². The van der Waals surface area contributed by atoms with E-state index < -0.39 is 0 Å². The van der Waals surface area contributed by atoms with Crippen LogP contribution in [0.1, 0.15) is 0 Å². The number of hydrogen-bond donors (Lipinski definition) is 1. The lowest BCUT2D eigenvalue weighted by Gasteiger charge is -1.89. The van der Waals surface area contributed by atoms with Crippen LogP contribution in [0.4, 0.5) is 0 Å². The third kappa shape index (κ3) is 1.73. The van der Waals surface area contributed by atoms with Gasteiger partial charge in [-0.3, -0.25) is 4.79 Å². The maximum atomic E-state index is 10.7. The van der Waals surface area contributed by atoms with Crippen molar-refractivity contribution in [3.8, 4) is 10.7 Å². The molecule has 5 nitrogen and oxygen atoms in total. The van der Waals surface area contributed by atoms with Gasteiger partial charge in [0.25, 0.3) is 5.56 Å². The molecule has 2 rings (SSSR count). The van der Waals surface area contributed by atoms with Crippen molar-refractivity contribution in [2.24, 2.45) is 0 Å². The van der Waals surface area contributed by atoms with Gasteiger partial charge in [-0.2, -0.15) is 5.10 Å². The quantitative estimate of drug-likeness (QED) is 0.767. The van der Waals surface area contributed by atoms with Crippen molar-refractivity contribution in [3.63, 3.8) is 0 Å². The zero-order valence-electron chi connectivity index (χ0n) is 6.19. The number of nitrogens with zero attached hydrogens (tertiary/aromatic N) is 3. The van der Waals surface area contributed by atoms with Gasteiger partial charge >= 0.3 is 0 Å². The van der Waals surface area contributed by atoms with Crippen molar-refractivity contribution in [1.29, 1.82) is 0 Å². The van der Waals surface area contributed by atoms with E-state index in [1.54, 1.807) is 6.07 Å². The van der Waals surface area contributed by atoms with Crippen LogP contribution in [0.5, 0.6) is 0 Å². The molecule has 0 saturated heterocycles. The average Bonchev–Trinajstić information content (AvgIpc) is 2.53. The fraction of sp³-hybridized carbons (Fsp3) is 0. The molecular weight excluding hydrogens is 212 g/mol. The zero-order valence-corrected chi connectivity index (χ0v) is 7.76. The normalized spacial score (nSPS) is 10.2. The van der Waals surface area contributed by atoms with Crippen molar-refractivity contribution in [1.82, 2.24) is 20.4 Å². The minimum Gasteiger partial charge on any atom is -0.268 e. The molecule has 0 unspecified atom stereocenters. The van der Waals surface area contributed by atoms with Gasteiger partial charge in [0, 0.05) is 6.07 Å². The Bertz CT molecular complexity index is 459. The highest BCUT2D eigenvalue weighted by Gasteiger charge is 2.05. The largest absolute Gasteiger partial charge is 0.268 e. The highest BCUT2D eigenvalue weighted by molar-refractivity contribution is 7.18. The van der Waals surface area contributed by atoms with Crippen LogP contribution in [-0.2, 0) is 0 Å². The SMILES string of the molecule is O=c1ccc(-c2nnc(Cl)s2)n[nH]1. The van der Waals surface area contributed by atoms with Crippen LogP contribution in [0.25, 0.3) is 10.7 Å². The lowest BCUT2D eigenvalue weighted by Crippen LogP contribution is -2.05. The van der Waals surface area contributed by atoms with Crippen LogP contribution in [0.3, 0.4) is 0 Å². The summed E-state index contributed by atoms with van der Waals surface area (Å²) in [5.41, 5.74) is 0.309. The van der Waals surface area contributed by atoms with E-state index in [4.69, 9.17) is 11.6 Å². The van der Waals surface area contributed by atoms with Crippen LogP contribution in [0.2, 0.25) is 4.47 Å². The Morgan fingerprint density at radius 3 is 2.77 bits per heavy atom. The van der Waals surface area contributed by atoms with E-state index in [1.165, 1.54) is 17.4 Å². The molecule has 0 radical (unpaired) electrons. The number of hydrogen-bond acceptors (Lipinski definition) is 5. The second-order valence-corrected chi connectivity index (χ2v) is 3.73. The molecule has 7 heteroatoms. The topological polar surface area (TPSA) is 71.5 Å². The van der Waals surface area contributed by atoms with Crippen LogP contribution in [-0.4, -0.2) is 20.4 Å². The Morgan fingerprint density at radius 1 is 1.38 bits per heavy atom. The lowest BCUT2D eigenvalue weighted by atomic mass is 10.4. The molecule has 2 aromatic rings. The second kappa shape index (κ2) is 3.23. The van der Waals surface area contributed by atoms with E-state index >= 15 is 0 Å². The predicted molar refractivity (Wildman–Crippen MR) is 48.8 cm³/mol. The first-order chi connectivity index (χ1) is 6.25.